The van der Waals surface area contributed by atoms with Crippen LogP contribution in [-0.4, -0.2) is 49.0 Å². The number of nitrogens with zero attached hydrogens (tertiary/aromatic N) is 3. The zero-order chi connectivity index (χ0) is 20.3. The summed E-state index contributed by atoms with van der Waals surface area (Å²) in [6, 6.07) is 26.2. The Morgan fingerprint density at radius 2 is 0.679 bits per heavy atom. The summed E-state index contributed by atoms with van der Waals surface area (Å²) in [4.78, 5) is 6.62. The molecule has 0 aliphatic heterocycles. The Bertz CT molecular complexity index is 812. The predicted octanol–water partition coefficient (Wildman–Crippen LogP) is 2.40. The van der Waals surface area contributed by atoms with E-state index in [9.17, 15) is 0 Å². The second-order valence-electron chi connectivity index (χ2n) is 7.79. The first-order valence-electron chi connectivity index (χ1n) is 9.70. The predicted molar refractivity (Wildman–Crippen MR) is 127 cm³/mol. The number of hydrogen-bond acceptors (Lipinski definition) is 3. The lowest BCUT2D eigenvalue weighted by atomic mass is 9.35. The lowest BCUT2D eigenvalue weighted by Crippen LogP contribution is -2.55. The van der Waals surface area contributed by atoms with E-state index in [1.54, 1.807) is 0 Å². The minimum Gasteiger partial charge on any atom is -0.378 e. The van der Waals surface area contributed by atoms with Crippen LogP contribution in [0.4, 0.5) is 17.1 Å². The molecule has 0 aliphatic rings. The van der Waals surface area contributed by atoms with Crippen LogP contribution < -0.4 is 31.1 Å². The Hall–Kier alpha value is -2.88. The topological polar surface area (TPSA) is 9.72 Å². The lowest BCUT2D eigenvalue weighted by molar-refractivity contribution is 1.13. The molecular formula is C24H30BN3. The van der Waals surface area contributed by atoms with Crippen LogP contribution in [0.15, 0.2) is 72.8 Å². The molecule has 144 valence electrons. The highest BCUT2D eigenvalue weighted by Crippen LogP contribution is 2.17. The molecule has 0 N–H and O–H groups in total. The van der Waals surface area contributed by atoms with E-state index in [0.717, 1.165) is 0 Å². The van der Waals surface area contributed by atoms with Crippen LogP contribution in [0.3, 0.4) is 0 Å². The molecule has 3 aromatic carbocycles. The van der Waals surface area contributed by atoms with Crippen molar-refractivity contribution in [3.05, 3.63) is 72.8 Å². The molecule has 0 aromatic heterocycles. The number of para-hydroxylation sites is 3. The summed E-state index contributed by atoms with van der Waals surface area (Å²) in [5.74, 6) is 0. The maximum atomic E-state index is 2.26. The fourth-order valence-electron chi connectivity index (χ4n) is 3.92. The van der Waals surface area contributed by atoms with Gasteiger partial charge in [0.15, 0.2) is 0 Å². The van der Waals surface area contributed by atoms with Gasteiger partial charge in [-0.2, -0.15) is 0 Å². The summed E-state index contributed by atoms with van der Waals surface area (Å²) in [5, 5.41) is 0. The van der Waals surface area contributed by atoms with Crippen molar-refractivity contribution in [2.45, 2.75) is 0 Å². The third kappa shape index (κ3) is 3.86. The second-order valence-corrected chi connectivity index (χ2v) is 7.79. The molecule has 3 rings (SSSR count). The normalized spacial score (nSPS) is 10.5. The molecule has 3 nitrogen and oxygen atoms in total. The number of anilines is 3. The number of hydrogen-bond donors (Lipinski definition) is 0. The zero-order valence-corrected chi connectivity index (χ0v) is 17.8. The molecule has 0 unspecified atom stereocenters. The number of benzene rings is 3. The number of rotatable bonds is 6. The van der Waals surface area contributed by atoms with Gasteiger partial charge < -0.3 is 14.7 Å². The van der Waals surface area contributed by atoms with Crippen molar-refractivity contribution in [3.63, 3.8) is 0 Å². The van der Waals surface area contributed by atoms with Crippen LogP contribution in [0.25, 0.3) is 0 Å². The summed E-state index contributed by atoms with van der Waals surface area (Å²) in [6.07, 6.45) is 0. The van der Waals surface area contributed by atoms with Gasteiger partial charge in [0.1, 0.15) is 0 Å². The van der Waals surface area contributed by atoms with Crippen LogP contribution >= 0.6 is 0 Å². The van der Waals surface area contributed by atoms with Gasteiger partial charge in [0, 0.05) is 59.3 Å². The van der Waals surface area contributed by atoms with Gasteiger partial charge in [0.2, 0.25) is 6.71 Å². The Morgan fingerprint density at radius 3 is 0.929 bits per heavy atom. The first-order chi connectivity index (χ1) is 13.4. The maximum Gasteiger partial charge on any atom is 0.249 e. The highest BCUT2D eigenvalue weighted by molar-refractivity contribution is 6.98. The van der Waals surface area contributed by atoms with Crippen molar-refractivity contribution in [1.82, 2.24) is 0 Å². The molecule has 0 saturated heterocycles. The largest absolute Gasteiger partial charge is 0.378 e. The molecule has 0 amide bonds. The third-order valence-electron chi connectivity index (χ3n) is 5.19. The van der Waals surface area contributed by atoms with E-state index in [2.05, 4.69) is 130 Å². The van der Waals surface area contributed by atoms with Crippen LogP contribution in [0.5, 0.6) is 0 Å². The fraction of sp³-hybridized carbons (Fsp3) is 0.250. The molecule has 0 fully saturated rings. The van der Waals surface area contributed by atoms with E-state index in [0.29, 0.717) is 0 Å². The summed E-state index contributed by atoms with van der Waals surface area (Å²) in [7, 11) is 12.7. The van der Waals surface area contributed by atoms with Gasteiger partial charge >= 0.3 is 0 Å². The molecular weight excluding hydrogens is 341 g/mol. The first-order valence-corrected chi connectivity index (χ1v) is 9.70. The Labute approximate surface area is 170 Å². The van der Waals surface area contributed by atoms with Gasteiger partial charge in [0.05, 0.1) is 0 Å². The molecule has 0 spiro atoms. The minimum atomic E-state index is 0.135. The van der Waals surface area contributed by atoms with Gasteiger partial charge in [-0.3, -0.25) is 0 Å². The molecule has 3 aromatic rings. The smallest absolute Gasteiger partial charge is 0.249 e. The van der Waals surface area contributed by atoms with Crippen molar-refractivity contribution < 1.29 is 0 Å². The molecule has 28 heavy (non-hydrogen) atoms. The fourth-order valence-corrected chi connectivity index (χ4v) is 3.92. The maximum absolute atomic E-state index is 2.26. The highest BCUT2D eigenvalue weighted by Gasteiger charge is 2.29. The van der Waals surface area contributed by atoms with Gasteiger partial charge in [-0.1, -0.05) is 54.6 Å². The molecule has 4 heteroatoms. The minimum absolute atomic E-state index is 0.135. The zero-order valence-electron chi connectivity index (χ0n) is 17.8. The van der Waals surface area contributed by atoms with Crippen LogP contribution in [0, 0.1) is 0 Å². The average Bonchev–Trinajstić information content (AvgIpc) is 2.69. The quantitative estimate of drug-likeness (QED) is 0.616. The van der Waals surface area contributed by atoms with Crippen molar-refractivity contribution in [1.29, 1.82) is 0 Å². The lowest BCUT2D eigenvalue weighted by Gasteiger charge is -2.29. The SMILES string of the molecule is CN(C)c1ccccc1B(c1ccccc1N(C)C)c1ccccc1N(C)C. The Balaban J connectivity index is 2.35. The summed E-state index contributed by atoms with van der Waals surface area (Å²) >= 11 is 0. The van der Waals surface area contributed by atoms with Gasteiger partial charge in [-0.25, -0.2) is 0 Å². The van der Waals surface area contributed by atoms with E-state index in [4.69, 9.17) is 0 Å². The van der Waals surface area contributed by atoms with Crippen LogP contribution in [0.2, 0.25) is 0 Å². The van der Waals surface area contributed by atoms with Gasteiger partial charge in [-0.15, -0.1) is 0 Å². The van der Waals surface area contributed by atoms with E-state index in [1.807, 2.05) is 0 Å². The molecule has 0 heterocycles. The second kappa shape index (κ2) is 8.43. The highest BCUT2D eigenvalue weighted by atomic mass is 15.1. The standard InChI is InChI=1S/C24H30BN3/c1-26(2)22-16-10-7-13-19(22)25(20-14-8-11-17-23(20)27(3)4)21-15-9-12-18-24(21)28(5)6/h7-18H,1-6H3. The first kappa shape index (κ1) is 19.9. The van der Waals surface area contributed by atoms with Crippen molar-refractivity contribution >= 4 is 40.2 Å². The van der Waals surface area contributed by atoms with Gasteiger partial charge in [0.25, 0.3) is 0 Å². The summed E-state index contributed by atoms with van der Waals surface area (Å²) < 4.78 is 0. The molecule has 0 aliphatic carbocycles. The third-order valence-corrected chi connectivity index (χ3v) is 5.19. The summed E-state index contributed by atoms with van der Waals surface area (Å²) in [5.41, 5.74) is 7.68. The molecule has 0 saturated carbocycles. The van der Waals surface area contributed by atoms with Gasteiger partial charge in [-0.05, 0) is 34.6 Å². The Kier molecular flexibility index (Phi) is 5.98. The van der Waals surface area contributed by atoms with Crippen molar-refractivity contribution in [2.24, 2.45) is 0 Å². The van der Waals surface area contributed by atoms with Crippen molar-refractivity contribution in [3.8, 4) is 0 Å². The van der Waals surface area contributed by atoms with E-state index >= 15 is 0 Å². The monoisotopic (exact) mass is 371 g/mol. The van der Waals surface area contributed by atoms with Crippen molar-refractivity contribution in [2.75, 3.05) is 57.0 Å². The Morgan fingerprint density at radius 1 is 0.429 bits per heavy atom. The average molecular weight is 371 g/mol. The van der Waals surface area contributed by atoms with Crippen LogP contribution in [0.1, 0.15) is 0 Å². The molecule has 0 atom stereocenters. The van der Waals surface area contributed by atoms with Crippen LogP contribution in [-0.2, 0) is 0 Å². The van der Waals surface area contributed by atoms with E-state index in [1.165, 1.54) is 33.5 Å². The molecule has 0 radical (unpaired) electrons. The summed E-state index contributed by atoms with van der Waals surface area (Å²) in [6.45, 7) is 0.135. The van der Waals surface area contributed by atoms with E-state index in [-0.39, 0.29) is 6.71 Å². The van der Waals surface area contributed by atoms with E-state index < -0.39 is 0 Å². The molecule has 0 bridgehead atoms.